The Morgan fingerprint density at radius 1 is 1.32 bits per heavy atom. The number of nitrogens with one attached hydrogen (secondary N) is 1. The molecule has 0 aliphatic heterocycles. The maximum Gasteiger partial charge on any atom is 0.311 e. The summed E-state index contributed by atoms with van der Waals surface area (Å²) in [5.41, 5.74) is 0.384. The molecular formula is C17H23NO4. The van der Waals surface area contributed by atoms with Crippen LogP contribution in [0, 0.1) is 5.41 Å². The van der Waals surface area contributed by atoms with Gasteiger partial charge in [-0.2, -0.15) is 0 Å². The van der Waals surface area contributed by atoms with Gasteiger partial charge in [-0.25, -0.2) is 0 Å². The fraction of sp³-hybridized carbons (Fsp3) is 0.529. The minimum Gasteiger partial charge on any atom is -0.497 e. The normalized spacial score (nSPS) is 16.6. The number of amides is 1. The summed E-state index contributed by atoms with van der Waals surface area (Å²) in [7, 11) is 1.62. The first-order chi connectivity index (χ1) is 10.5. The first kappa shape index (κ1) is 16.3. The molecule has 0 saturated heterocycles. The molecule has 2 rings (SSSR count). The summed E-state index contributed by atoms with van der Waals surface area (Å²) < 4.78 is 5.13. The molecule has 120 valence electrons. The van der Waals surface area contributed by atoms with Crippen LogP contribution in [0.4, 0.5) is 0 Å². The van der Waals surface area contributed by atoms with Gasteiger partial charge in [-0.15, -0.1) is 0 Å². The van der Waals surface area contributed by atoms with Crippen molar-refractivity contribution in [3.05, 3.63) is 29.8 Å². The highest BCUT2D eigenvalue weighted by atomic mass is 16.5. The fourth-order valence-corrected chi connectivity index (χ4v) is 2.55. The molecule has 0 bridgehead atoms. The number of carboxylic acids is 1. The van der Waals surface area contributed by atoms with Crippen molar-refractivity contribution < 1.29 is 19.4 Å². The molecule has 22 heavy (non-hydrogen) atoms. The van der Waals surface area contributed by atoms with Crippen molar-refractivity contribution in [3.63, 3.8) is 0 Å². The number of ether oxygens (including phenoxy) is 1. The molecule has 1 aliphatic carbocycles. The first-order valence-electron chi connectivity index (χ1n) is 7.65. The van der Waals surface area contributed by atoms with E-state index in [-0.39, 0.29) is 18.4 Å². The van der Waals surface area contributed by atoms with Crippen molar-refractivity contribution >= 4 is 11.9 Å². The third-order valence-corrected chi connectivity index (χ3v) is 4.44. The van der Waals surface area contributed by atoms with E-state index in [2.05, 4.69) is 5.32 Å². The lowest BCUT2D eigenvalue weighted by molar-refractivity contribution is -0.143. The van der Waals surface area contributed by atoms with Crippen LogP contribution in [0.1, 0.15) is 44.1 Å². The average Bonchev–Trinajstić information content (AvgIpc) is 3.32. The molecule has 0 heterocycles. The van der Waals surface area contributed by atoms with Crippen LogP contribution in [0.5, 0.6) is 5.75 Å². The first-order valence-corrected chi connectivity index (χ1v) is 7.65. The minimum absolute atomic E-state index is 0.0878. The molecule has 0 aromatic heterocycles. The lowest BCUT2D eigenvalue weighted by Gasteiger charge is -2.17. The van der Waals surface area contributed by atoms with Crippen LogP contribution in [0.15, 0.2) is 24.3 Å². The molecule has 1 aromatic carbocycles. The van der Waals surface area contributed by atoms with Crippen molar-refractivity contribution in [1.82, 2.24) is 5.32 Å². The van der Waals surface area contributed by atoms with Crippen LogP contribution in [-0.2, 0) is 9.59 Å². The fourth-order valence-electron chi connectivity index (χ4n) is 2.55. The standard InChI is InChI=1S/C17H23NO4/c1-3-12(13-4-6-14(22-2)7-5-13)10-15(19)18-11-17(8-9-17)16(20)21/h4-7,12H,3,8-11H2,1-2H3,(H,18,19)(H,20,21). The molecule has 1 saturated carbocycles. The van der Waals surface area contributed by atoms with Crippen LogP contribution in [0.25, 0.3) is 0 Å². The third-order valence-electron chi connectivity index (χ3n) is 4.44. The van der Waals surface area contributed by atoms with E-state index in [1.54, 1.807) is 7.11 Å². The van der Waals surface area contributed by atoms with E-state index in [1.165, 1.54) is 0 Å². The molecule has 1 aromatic rings. The number of aliphatic carboxylic acids is 1. The highest BCUT2D eigenvalue weighted by molar-refractivity contribution is 5.81. The summed E-state index contributed by atoms with van der Waals surface area (Å²) in [4.78, 5) is 23.2. The average molecular weight is 305 g/mol. The molecule has 0 spiro atoms. The SMILES string of the molecule is CCC(CC(=O)NCC1(C(=O)O)CC1)c1ccc(OC)cc1. The Kier molecular flexibility index (Phi) is 5.06. The number of rotatable bonds is 8. The van der Waals surface area contributed by atoms with E-state index < -0.39 is 11.4 Å². The van der Waals surface area contributed by atoms with Gasteiger partial charge < -0.3 is 15.2 Å². The smallest absolute Gasteiger partial charge is 0.311 e. The van der Waals surface area contributed by atoms with E-state index in [0.717, 1.165) is 17.7 Å². The zero-order valence-electron chi connectivity index (χ0n) is 13.1. The van der Waals surface area contributed by atoms with Gasteiger partial charge in [0.05, 0.1) is 12.5 Å². The Morgan fingerprint density at radius 2 is 1.95 bits per heavy atom. The molecule has 1 atom stereocenters. The summed E-state index contributed by atoms with van der Waals surface area (Å²) in [6, 6.07) is 7.72. The summed E-state index contributed by atoms with van der Waals surface area (Å²) in [5, 5.41) is 11.9. The van der Waals surface area contributed by atoms with Gasteiger partial charge >= 0.3 is 5.97 Å². The number of carbonyl (C=O) groups is 2. The lowest BCUT2D eigenvalue weighted by atomic mass is 9.92. The summed E-state index contributed by atoms with van der Waals surface area (Å²) >= 11 is 0. The molecule has 5 heteroatoms. The maximum absolute atomic E-state index is 12.1. The highest BCUT2D eigenvalue weighted by Crippen LogP contribution is 2.45. The summed E-state index contributed by atoms with van der Waals surface area (Å²) in [6.07, 6.45) is 2.53. The zero-order valence-corrected chi connectivity index (χ0v) is 13.1. The number of hydrogen-bond donors (Lipinski definition) is 2. The highest BCUT2D eigenvalue weighted by Gasteiger charge is 2.50. The molecule has 1 amide bonds. The number of benzene rings is 1. The summed E-state index contributed by atoms with van der Waals surface area (Å²) in [6.45, 7) is 2.28. The molecule has 0 radical (unpaired) electrons. The van der Waals surface area contributed by atoms with Crippen LogP contribution in [0.2, 0.25) is 0 Å². The minimum atomic E-state index is -0.810. The molecule has 2 N–H and O–H groups in total. The molecular weight excluding hydrogens is 282 g/mol. The van der Waals surface area contributed by atoms with Crippen LogP contribution >= 0.6 is 0 Å². The second kappa shape index (κ2) is 6.81. The zero-order chi connectivity index (χ0) is 16.2. The summed E-state index contributed by atoms with van der Waals surface area (Å²) in [5.74, 6) is 0.0243. The van der Waals surface area contributed by atoms with E-state index in [4.69, 9.17) is 9.84 Å². The van der Waals surface area contributed by atoms with Crippen molar-refractivity contribution in [3.8, 4) is 5.75 Å². The van der Waals surface area contributed by atoms with Crippen molar-refractivity contribution in [1.29, 1.82) is 0 Å². The Bertz CT molecular complexity index is 534. The second-order valence-electron chi connectivity index (χ2n) is 5.94. The predicted molar refractivity (Wildman–Crippen MR) is 83.0 cm³/mol. The second-order valence-corrected chi connectivity index (χ2v) is 5.94. The Balaban J connectivity index is 1.89. The quantitative estimate of drug-likeness (QED) is 0.774. The third kappa shape index (κ3) is 3.78. The Hall–Kier alpha value is -2.04. The Labute approximate surface area is 130 Å². The Morgan fingerprint density at radius 3 is 2.41 bits per heavy atom. The topological polar surface area (TPSA) is 75.6 Å². The van der Waals surface area contributed by atoms with Crippen LogP contribution in [0.3, 0.4) is 0 Å². The van der Waals surface area contributed by atoms with Gasteiger partial charge in [0.25, 0.3) is 0 Å². The monoisotopic (exact) mass is 305 g/mol. The largest absolute Gasteiger partial charge is 0.497 e. The van der Waals surface area contributed by atoms with Gasteiger partial charge in [0.2, 0.25) is 5.91 Å². The van der Waals surface area contributed by atoms with Gasteiger partial charge in [-0.3, -0.25) is 9.59 Å². The lowest BCUT2D eigenvalue weighted by Crippen LogP contribution is -2.34. The van der Waals surface area contributed by atoms with E-state index in [9.17, 15) is 9.59 Å². The number of methoxy groups -OCH3 is 1. The maximum atomic E-state index is 12.1. The van der Waals surface area contributed by atoms with Crippen molar-refractivity contribution in [2.45, 2.75) is 38.5 Å². The molecule has 5 nitrogen and oxygen atoms in total. The number of hydrogen-bond acceptors (Lipinski definition) is 3. The van der Waals surface area contributed by atoms with Gasteiger partial charge in [0, 0.05) is 13.0 Å². The van der Waals surface area contributed by atoms with E-state index in [0.29, 0.717) is 19.3 Å². The van der Waals surface area contributed by atoms with Gasteiger partial charge in [0.15, 0.2) is 0 Å². The number of carboxylic acid groups (broad SMARTS) is 1. The number of carbonyl (C=O) groups excluding carboxylic acids is 1. The van der Waals surface area contributed by atoms with Crippen LogP contribution < -0.4 is 10.1 Å². The van der Waals surface area contributed by atoms with E-state index >= 15 is 0 Å². The predicted octanol–water partition coefficient (Wildman–Crippen LogP) is 2.56. The molecule has 1 aliphatic rings. The molecule has 1 fully saturated rings. The van der Waals surface area contributed by atoms with Crippen LogP contribution in [-0.4, -0.2) is 30.6 Å². The van der Waals surface area contributed by atoms with E-state index in [1.807, 2.05) is 31.2 Å². The van der Waals surface area contributed by atoms with Gasteiger partial charge in [-0.1, -0.05) is 19.1 Å². The van der Waals surface area contributed by atoms with Crippen molar-refractivity contribution in [2.75, 3.05) is 13.7 Å². The van der Waals surface area contributed by atoms with Gasteiger partial charge in [0.1, 0.15) is 5.75 Å². The van der Waals surface area contributed by atoms with Gasteiger partial charge in [-0.05, 0) is 42.9 Å². The van der Waals surface area contributed by atoms with Crippen molar-refractivity contribution in [2.24, 2.45) is 5.41 Å². The molecule has 1 unspecified atom stereocenters.